The lowest BCUT2D eigenvalue weighted by Crippen LogP contribution is -2.15. The van der Waals surface area contributed by atoms with E-state index < -0.39 is 0 Å². The Morgan fingerprint density at radius 3 is 1.36 bits per heavy atom. The second kappa shape index (κ2) is 18.2. The monoisotopic (exact) mass is 868 g/mol. The first-order chi connectivity index (χ1) is 32.1. The van der Waals surface area contributed by atoms with Crippen LogP contribution >= 0.6 is 0 Å². The molecule has 0 aliphatic heterocycles. The molecule has 6 heterocycles. The van der Waals surface area contributed by atoms with Gasteiger partial charge in [0.15, 0.2) is 0 Å². The molecule has 4 atom stereocenters. The van der Waals surface area contributed by atoms with Crippen LogP contribution in [0.2, 0.25) is 0 Å². The first-order valence-electron chi connectivity index (χ1n) is 21.6. The smallest absolute Gasteiger partial charge is 0.228 e. The van der Waals surface area contributed by atoms with Crippen LogP contribution in [-0.4, -0.2) is 41.7 Å². The van der Waals surface area contributed by atoms with Gasteiger partial charge in [-0.3, -0.25) is 19.6 Å². The highest BCUT2D eigenvalue weighted by Crippen LogP contribution is 2.43. The van der Waals surface area contributed by atoms with Gasteiger partial charge in [0.2, 0.25) is 11.8 Å². The summed E-state index contributed by atoms with van der Waals surface area (Å²) in [4.78, 5) is 51.9. The number of anilines is 4. The molecule has 2 aromatic carbocycles. The van der Waals surface area contributed by atoms with Crippen LogP contribution in [-0.2, 0) is 9.59 Å². The summed E-state index contributed by atoms with van der Waals surface area (Å²) < 4.78 is 0. The molecule has 66 heavy (non-hydrogen) atoms. The van der Waals surface area contributed by atoms with Crippen LogP contribution in [0.5, 0.6) is 0 Å². The second-order valence-electron chi connectivity index (χ2n) is 16.8. The number of hydrogen-bond donors (Lipinski definition) is 4. The van der Waals surface area contributed by atoms with Gasteiger partial charge in [0.25, 0.3) is 0 Å². The van der Waals surface area contributed by atoms with E-state index in [0.717, 1.165) is 79.2 Å². The van der Waals surface area contributed by atoms with Crippen molar-refractivity contribution in [1.82, 2.24) is 29.9 Å². The van der Waals surface area contributed by atoms with Gasteiger partial charge in [-0.15, -0.1) is 0 Å². The van der Waals surface area contributed by atoms with E-state index in [1.54, 1.807) is 24.5 Å². The SMILES string of the molecule is Cc1cc(-c2ccccc2)ncc1-c1cc2cc(NC(=O)[C@@H]3C[C@H]3CC#N)ncc2c(N)n1.Cc1cc(-c2ccccc2)ncc1-c1cc2cc(NC(=O)[C@H]3C[C@@H]3CC#N)ncc2c(N)n1. The summed E-state index contributed by atoms with van der Waals surface area (Å²) in [6.45, 7) is 4.05. The Labute approximate surface area is 380 Å². The van der Waals surface area contributed by atoms with Crippen molar-refractivity contribution in [3.8, 4) is 57.2 Å². The Hall–Kier alpha value is -8.62. The summed E-state index contributed by atoms with van der Waals surface area (Å²) in [5.41, 5.74) is 21.7. The number of nitrogens with one attached hydrogen (secondary N) is 2. The first-order valence-corrected chi connectivity index (χ1v) is 21.6. The Bertz CT molecular complexity index is 3040. The average Bonchev–Trinajstić information content (AvgIpc) is 4.27. The molecule has 10 rings (SSSR count). The van der Waals surface area contributed by atoms with Gasteiger partial charge in [0, 0.05) is 82.5 Å². The van der Waals surface area contributed by atoms with Crippen molar-refractivity contribution in [3.63, 3.8) is 0 Å². The number of nitrogens with two attached hydrogens (primary N) is 2. The molecule has 0 saturated heterocycles. The van der Waals surface area contributed by atoms with E-state index in [0.29, 0.717) is 47.5 Å². The molecular weight excluding hydrogens is 825 g/mol. The van der Waals surface area contributed by atoms with E-state index >= 15 is 0 Å². The zero-order chi connectivity index (χ0) is 45.9. The molecule has 6 N–H and O–H groups in total. The van der Waals surface area contributed by atoms with Crippen LogP contribution in [0.15, 0.2) is 122 Å². The molecule has 2 fully saturated rings. The number of rotatable bonds is 10. The number of carbonyl (C=O) groups is 2. The zero-order valence-electron chi connectivity index (χ0n) is 36.2. The molecule has 14 heteroatoms. The Morgan fingerprint density at radius 2 is 0.985 bits per heavy atom. The fraction of sp³-hybridized carbons (Fsp3) is 0.192. The number of carbonyl (C=O) groups excluding carboxylic acids is 2. The number of nitrogens with zero attached hydrogens (tertiary/aromatic N) is 8. The third-order valence-electron chi connectivity index (χ3n) is 12.1. The molecule has 14 nitrogen and oxygen atoms in total. The molecule has 8 aromatic rings. The van der Waals surface area contributed by atoms with Gasteiger partial charge in [0.05, 0.1) is 34.9 Å². The fourth-order valence-electron chi connectivity index (χ4n) is 8.20. The van der Waals surface area contributed by atoms with Gasteiger partial charge >= 0.3 is 0 Å². The van der Waals surface area contributed by atoms with Crippen molar-refractivity contribution in [2.45, 2.75) is 39.5 Å². The zero-order valence-corrected chi connectivity index (χ0v) is 36.2. The molecule has 2 aliphatic carbocycles. The summed E-state index contributed by atoms with van der Waals surface area (Å²) >= 11 is 0. The minimum atomic E-state index is -0.114. The molecular formula is C52H44N12O2. The molecule has 2 aliphatic rings. The van der Waals surface area contributed by atoms with Gasteiger partial charge in [-0.25, -0.2) is 19.9 Å². The predicted octanol–water partition coefficient (Wildman–Crippen LogP) is 9.48. The maximum absolute atomic E-state index is 12.4. The molecule has 0 spiro atoms. The third kappa shape index (κ3) is 9.21. The molecule has 0 unspecified atom stereocenters. The molecule has 0 bridgehead atoms. The minimum absolute atomic E-state index is 0.0964. The Kier molecular flexibility index (Phi) is 11.8. The van der Waals surface area contributed by atoms with Crippen LogP contribution in [0.1, 0.15) is 36.8 Å². The van der Waals surface area contributed by atoms with Crippen molar-refractivity contribution in [2.24, 2.45) is 23.7 Å². The quantitative estimate of drug-likeness (QED) is 0.101. The highest BCUT2D eigenvalue weighted by atomic mass is 16.2. The fourth-order valence-corrected chi connectivity index (χ4v) is 8.20. The van der Waals surface area contributed by atoms with Crippen molar-refractivity contribution < 1.29 is 9.59 Å². The van der Waals surface area contributed by atoms with Crippen LogP contribution < -0.4 is 22.1 Å². The molecule has 324 valence electrons. The highest BCUT2D eigenvalue weighted by molar-refractivity contribution is 6.00. The van der Waals surface area contributed by atoms with Crippen LogP contribution in [0, 0.1) is 60.2 Å². The topological polar surface area (TPSA) is 235 Å². The minimum Gasteiger partial charge on any atom is -0.383 e. The second-order valence-corrected chi connectivity index (χ2v) is 16.8. The lowest BCUT2D eigenvalue weighted by molar-refractivity contribution is -0.118. The summed E-state index contributed by atoms with van der Waals surface area (Å²) in [6, 6.07) is 35.8. The maximum atomic E-state index is 12.4. The molecule has 2 saturated carbocycles. The van der Waals surface area contributed by atoms with Crippen LogP contribution in [0.25, 0.3) is 66.6 Å². The number of nitrogen functional groups attached to an aromatic ring is 2. The van der Waals surface area contributed by atoms with Crippen LogP contribution in [0.4, 0.5) is 23.3 Å². The molecule has 2 amide bonds. The average molecular weight is 869 g/mol. The van der Waals surface area contributed by atoms with Crippen molar-refractivity contribution in [2.75, 3.05) is 22.1 Å². The highest BCUT2D eigenvalue weighted by Gasteiger charge is 2.43. The number of pyridine rings is 6. The Balaban J connectivity index is 0.000000166. The number of aryl methyl sites for hydroxylation is 2. The molecule has 0 radical (unpaired) electrons. The number of amides is 2. The van der Waals surface area contributed by atoms with Crippen molar-refractivity contribution >= 4 is 56.6 Å². The van der Waals surface area contributed by atoms with E-state index in [1.807, 2.05) is 111 Å². The standard InChI is InChI=1S/2C26H22N6O/c2*1-15-9-22(16-5-3-2-4-6-16)29-13-20(15)23-11-18-12-24(30-14-21(18)25(28)31-23)32-26(33)19-10-17(19)7-8-27/h2*2-6,9,11-14,17,19H,7,10H2,1H3,(H2,28,31)(H,30,32,33)/t2*17-,19-/m10/s1. The van der Waals surface area contributed by atoms with E-state index in [9.17, 15) is 9.59 Å². The largest absolute Gasteiger partial charge is 0.383 e. The number of nitriles is 2. The van der Waals surface area contributed by atoms with E-state index in [2.05, 4.69) is 52.7 Å². The van der Waals surface area contributed by atoms with Gasteiger partial charge in [-0.05, 0) is 96.8 Å². The van der Waals surface area contributed by atoms with E-state index in [1.165, 1.54) is 0 Å². The lowest BCUT2D eigenvalue weighted by atomic mass is 10.0. The number of benzene rings is 2. The van der Waals surface area contributed by atoms with Gasteiger partial charge in [0.1, 0.15) is 23.3 Å². The van der Waals surface area contributed by atoms with Gasteiger partial charge in [-0.1, -0.05) is 60.7 Å². The number of hydrogen-bond acceptors (Lipinski definition) is 12. The van der Waals surface area contributed by atoms with E-state index in [-0.39, 0.29) is 35.5 Å². The predicted molar refractivity (Wildman–Crippen MR) is 256 cm³/mol. The third-order valence-corrected chi connectivity index (χ3v) is 12.1. The lowest BCUT2D eigenvalue weighted by Gasteiger charge is -2.11. The first kappa shape index (κ1) is 42.7. The van der Waals surface area contributed by atoms with Crippen molar-refractivity contribution in [3.05, 3.63) is 133 Å². The van der Waals surface area contributed by atoms with Gasteiger partial charge in [-0.2, -0.15) is 10.5 Å². The summed E-state index contributed by atoms with van der Waals surface area (Å²) in [6.07, 6.45) is 9.20. The van der Waals surface area contributed by atoms with Crippen LogP contribution in [0.3, 0.4) is 0 Å². The van der Waals surface area contributed by atoms with E-state index in [4.69, 9.17) is 22.0 Å². The Morgan fingerprint density at radius 1 is 0.576 bits per heavy atom. The number of fused-ring (bicyclic) bond motifs is 2. The summed E-state index contributed by atoms with van der Waals surface area (Å²) in [7, 11) is 0. The molecule has 6 aromatic heterocycles. The summed E-state index contributed by atoms with van der Waals surface area (Å²) in [5, 5.41) is 26.5. The normalized spacial score (nSPS) is 16.8. The summed E-state index contributed by atoms with van der Waals surface area (Å²) in [5.74, 6) is 1.54. The van der Waals surface area contributed by atoms with Crippen molar-refractivity contribution in [1.29, 1.82) is 10.5 Å². The van der Waals surface area contributed by atoms with Gasteiger partial charge < -0.3 is 22.1 Å². The maximum Gasteiger partial charge on any atom is 0.228 e. The number of aromatic nitrogens is 6.